The molecule has 2 saturated carbocycles. The number of halogens is 1. The van der Waals surface area contributed by atoms with Crippen LogP contribution in [0.1, 0.15) is 43.0 Å². The molecule has 0 radical (unpaired) electrons. The number of fused-ring (bicyclic) bond motifs is 2. The third kappa shape index (κ3) is 3.05. The van der Waals surface area contributed by atoms with Gasteiger partial charge in [0.2, 0.25) is 5.91 Å². The van der Waals surface area contributed by atoms with E-state index in [1.54, 1.807) is 12.1 Å². The molecule has 1 saturated heterocycles. The molecule has 2 aliphatic carbocycles. The Balaban J connectivity index is 1.38. The number of anilines is 1. The van der Waals surface area contributed by atoms with Gasteiger partial charge in [-0.3, -0.25) is 9.59 Å². The number of carbonyl (C=O) groups excluding carboxylic acids is 2. The van der Waals surface area contributed by atoms with Crippen molar-refractivity contribution in [2.45, 2.75) is 32.6 Å². The first-order valence-corrected chi connectivity index (χ1v) is 9.37. The van der Waals surface area contributed by atoms with E-state index in [2.05, 4.69) is 0 Å². The maximum absolute atomic E-state index is 14.3. The van der Waals surface area contributed by atoms with Crippen LogP contribution in [0.3, 0.4) is 0 Å². The molecular formula is C20H25FN2O2. The van der Waals surface area contributed by atoms with Crippen LogP contribution in [0.15, 0.2) is 18.2 Å². The lowest BCUT2D eigenvalue weighted by molar-refractivity contribution is -0.137. The molecule has 134 valence electrons. The molecule has 0 N–H and O–H groups in total. The average molecular weight is 344 g/mol. The first kappa shape index (κ1) is 16.6. The second kappa shape index (κ2) is 6.43. The molecule has 3 aliphatic rings. The van der Waals surface area contributed by atoms with Gasteiger partial charge in [-0.05, 0) is 56.2 Å². The van der Waals surface area contributed by atoms with Crippen LogP contribution in [-0.2, 0) is 4.79 Å². The van der Waals surface area contributed by atoms with E-state index < -0.39 is 0 Å². The van der Waals surface area contributed by atoms with Crippen molar-refractivity contribution in [3.8, 4) is 0 Å². The number of amides is 1. The summed E-state index contributed by atoms with van der Waals surface area (Å²) in [7, 11) is 0. The molecule has 4 rings (SSSR count). The highest BCUT2D eigenvalue weighted by Gasteiger charge is 2.44. The van der Waals surface area contributed by atoms with Crippen LogP contribution in [0.4, 0.5) is 10.1 Å². The fraction of sp³-hybridized carbons (Fsp3) is 0.600. The van der Waals surface area contributed by atoms with Crippen LogP contribution >= 0.6 is 0 Å². The lowest BCUT2D eigenvalue weighted by Gasteiger charge is -2.38. The van der Waals surface area contributed by atoms with Crippen molar-refractivity contribution >= 4 is 17.4 Å². The van der Waals surface area contributed by atoms with Gasteiger partial charge in [-0.25, -0.2) is 4.39 Å². The lowest BCUT2D eigenvalue weighted by Crippen LogP contribution is -2.51. The Morgan fingerprint density at radius 1 is 1.08 bits per heavy atom. The van der Waals surface area contributed by atoms with Gasteiger partial charge in [0.1, 0.15) is 5.82 Å². The van der Waals surface area contributed by atoms with Crippen molar-refractivity contribution < 1.29 is 14.0 Å². The van der Waals surface area contributed by atoms with Gasteiger partial charge in [0.25, 0.3) is 0 Å². The number of nitrogens with zero attached hydrogens (tertiary/aromatic N) is 2. The summed E-state index contributed by atoms with van der Waals surface area (Å²) in [5, 5.41) is 0. The van der Waals surface area contributed by atoms with Crippen LogP contribution in [0.25, 0.3) is 0 Å². The summed E-state index contributed by atoms with van der Waals surface area (Å²) in [6, 6.07) is 4.66. The Morgan fingerprint density at radius 3 is 2.40 bits per heavy atom. The van der Waals surface area contributed by atoms with E-state index in [9.17, 15) is 14.0 Å². The Kier molecular flexibility index (Phi) is 4.26. The number of Topliss-reactive ketones (excluding diaryl/α,β-unsaturated/α-hetero) is 1. The molecule has 3 fully saturated rings. The van der Waals surface area contributed by atoms with Crippen molar-refractivity contribution in [3.05, 3.63) is 29.6 Å². The second-order valence-electron chi connectivity index (χ2n) is 7.82. The van der Waals surface area contributed by atoms with Crippen molar-refractivity contribution in [1.29, 1.82) is 0 Å². The number of piperazine rings is 1. The fourth-order valence-electron chi connectivity index (χ4n) is 4.93. The van der Waals surface area contributed by atoms with E-state index >= 15 is 0 Å². The Morgan fingerprint density at radius 2 is 1.84 bits per heavy atom. The maximum atomic E-state index is 14.3. The molecule has 25 heavy (non-hydrogen) atoms. The van der Waals surface area contributed by atoms with Crippen LogP contribution in [-0.4, -0.2) is 42.8 Å². The van der Waals surface area contributed by atoms with E-state index in [1.165, 1.54) is 32.3 Å². The minimum atomic E-state index is -0.361. The summed E-state index contributed by atoms with van der Waals surface area (Å²) in [6.45, 7) is 4.03. The number of hydrogen-bond acceptors (Lipinski definition) is 3. The molecule has 2 bridgehead atoms. The zero-order valence-corrected chi connectivity index (χ0v) is 14.7. The van der Waals surface area contributed by atoms with Gasteiger partial charge in [-0.1, -0.05) is 6.42 Å². The van der Waals surface area contributed by atoms with Gasteiger partial charge in [-0.2, -0.15) is 0 Å². The molecule has 1 aromatic rings. The maximum Gasteiger partial charge on any atom is 0.226 e. The smallest absolute Gasteiger partial charge is 0.226 e. The molecule has 4 nitrogen and oxygen atoms in total. The van der Waals surface area contributed by atoms with E-state index in [4.69, 9.17) is 0 Å². The third-order valence-corrected chi connectivity index (χ3v) is 6.34. The molecule has 5 heteroatoms. The molecule has 3 atom stereocenters. The Labute approximate surface area is 148 Å². The molecule has 1 aromatic carbocycles. The van der Waals surface area contributed by atoms with E-state index in [0.717, 1.165) is 12.3 Å². The topological polar surface area (TPSA) is 40.6 Å². The number of carbonyl (C=O) groups is 2. The van der Waals surface area contributed by atoms with Gasteiger partial charge < -0.3 is 9.80 Å². The minimum Gasteiger partial charge on any atom is -0.366 e. The summed E-state index contributed by atoms with van der Waals surface area (Å²) in [4.78, 5) is 28.1. The molecule has 3 unspecified atom stereocenters. The lowest BCUT2D eigenvalue weighted by atomic mass is 9.87. The summed E-state index contributed by atoms with van der Waals surface area (Å²) < 4.78 is 14.3. The van der Waals surface area contributed by atoms with Crippen molar-refractivity contribution in [2.75, 3.05) is 31.1 Å². The summed E-state index contributed by atoms with van der Waals surface area (Å²) in [6.07, 6.45) is 4.83. The number of rotatable bonds is 3. The van der Waals surface area contributed by atoms with Crippen LogP contribution < -0.4 is 4.90 Å². The van der Waals surface area contributed by atoms with E-state index in [1.807, 2.05) is 9.80 Å². The van der Waals surface area contributed by atoms with Gasteiger partial charge in [0.15, 0.2) is 5.78 Å². The third-order valence-electron chi connectivity index (χ3n) is 6.34. The highest BCUT2D eigenvalue weighted by Crippen LogP contribution is 2.48. The van der Waals surface area contributed by atoms with Crippen LogP contribution in [0.2, 0.25) is 0 Å². The van der Waals surface area contributed by atoms with Crippen LogP contribution in [0, 0.1) is 23.6 Å². The van der Waals surface area contributed by atoms with Gasteiger partial charge in [0.05, 0.1) is 5.69 Å². The molecular weight excluding hydrogens is 319 g/mol. The number of benzene rings is 1. The standard InChI is InChI=1S/C20H25FN2O2/c1-13(24)15-4-5-19(18(21)12-15)22-6-8-23(9-7-22)20(25)17-11-14-2-3-16(17)10-14/h4-5,12,14,16-17H,2-3,6-11H2,1H3. The van der Waals surface area contributed by atoms with Crippen molar-refractivity contribution in [3.63, 3.8) is 0 Å². The first-order chi connectivity index (χ1) is 12.0. The Bertz CT molecular complexity index is 697. The molecule has 1 amide bonds. The number of ketones is 1. The highest BCUT2D eigenvalue weighted by atomic mass is 19.1. The highest BCUT2D eigenvalue weighted by molar-refractivity contribution is 5.94. The zero-order valence-electron chi connectivity index (χ0n) is 14.7. The normalized spacial score (nSPS) is 28.5. The Hall–Kier alpha value is -1.91. The predicted molar refractivity (Wildman–Crippen MR) is 94.1 cm³/mol. The second-order valence-corrected chi connectivity index (χ2v) is 7.82. The summed E-state index contributed by atoms with van der Waals surface area (Å²) >= 11 is 0. The fourth-order valence-corrected chi connectivity index (χ4v) is 4.93. The molecule has 1 heterocycles. The van der Waals surface area contributed by atoms with E-state index in [0.29, 0.717) is 49.3 Å². The van der Waals surface area contributed by atoms with Crippen molar-refractivity contribution in [1.82, 2.24) is 4.90 Å². The summed E-state index contributed by atoms with van der Waals surface area (Å²) in [5.74, 6) is 1.43. The predicted octanol–water partition coefficient (Wildman–Crippen LogP) is 3.11. The van der Waals surface area contributed by atoms with Gasteiger partial charge >= 0.3 is 0 Å². The van der Waals surface area contributed by atoms with Gasteiger partial charge in [-0.15, -0.1) is 0 Å². The SMILES string of the molecule is CC(=O)c1ccc(N2CCN(C(=O)C3CC4CCC3C4)CC2)c(F)c1. The quantitative estimate of drug-likeness (QED) is 0.791. The first-order valence-electron chi connectivity index (χ1n) is 9.37. The van der Waals surface area contributed by atoms with Crippen molar-refractivity contribution in [2.24, 2.45) is 17.8 Å². The molecule has 0 aromatic heterocycles. The van der Waals surface area contributed by atoms with Gasteiger partial charge in [0, 0.05) is 37.7 Å². The van der Waals surface area contributed by atoms with E-state index in [-0.39, 0.29) is 17.5 Å². The monoisotopic (exact) mass is 344 g/mol. The largest absolute Gasteiger partial charge is 0.366 e. The molecule has 0 spiro atoms. The average Bonchev–Trinajstić information content (AvgIpc) is 3.24. The number of hydrogen-bond donors (Lipinski definition) is 0. The van der Waals surface area contributed by atoms with Crippen LogP contribution in [0.5, 0.6) is 0 Å². The summed E-state index contributed by atoms with van der Waals surface area (Å²) in [5.41, 5.74) is 0.920. The molecule has 1 aliphatic heterocycles. The zero-order chi connectivity index (χ0) is 17.6. The minimum absolute atomic E-state index is 0.133.